The number of urea groups is 1. The van der Waals surface area contributed by atoms with Crippen LogP contribution in [0.2, 0.25) is 0 Å². The number of hydrogen-bond acceptors (Lipinski definition) is 3. The molecule has 0 radical (unpaired) electrons. The van der Waals surface area contributed by atoms with Crippen LogP contribution in [-0.2, 0) is 13.0 Å². The number of carbonyl (C=O) groups excluding carboxylic acids is 1. The number of benzene rings is 1. The van der Waals surface area contributed by atoms with Gasteiger partial charge in [0.25, 0.3) is 0 Å². The molecule has 2 amide bonds. The van der Waals surface area contributed by atoms with Crippen LogP contribution in [0, 0.1) is 6.92 Å². The van der Waals surface area contributed by atoms with Crippen LogP contribution in [0.15, 0.2) is 42.6 Å². The molecule has 1 aromatic heterocycles. The molecule has 0 saturated carbocycles. The van der Waals surface area contributed by atoms with E-state index in [2.05, 4.69) is 15.6 Å². The van der Waals surface area contributed by atoms with E-state index in [0.29, 0.717) is 13.0 Å². The third kappa shape index (κ3) is 2.94. The Balaban J connectivity index is 1.62. The molecule has 0 spiro atoms. The predicted octanol–water partition coefficient (Wildman–Crippen LogP) is 1.85. The summed E-state index contributed by atoms with van der Waals surface area (Å²) in [6.45, 7) is 2.32. The van der Waals surface area contributed by atoms with Crippen molar-refractivity contribution in [2.75, 3.05) is 0 Å². The normalized spacial score (nSPS) is 19.5. The minimum Gasteiger partial charge on any atom is -0.390 e. The largest absolute Gasteiger partial charge is 0.390 e. The van der Waals surface area contributed by atoms with Gasteiger partial charge in [-0.3, -0.25) is 4.98 Å². The van der Waals surface area contributed by atoms with Gasteiger partial charge >= 0.3 is 6.03 Å². The molecule has 1 aliphatic carbocycles. The van der Waals surface area contributed by atoms with E-state index in [1.165, 1.54) is 0 Å². The number of hydrogen-bond donors (Lipinski definition) is 3. The number of amides is 2. The second-order valence-electron chi connectivity index (χ2n) is 5.54. The minimum absolute atomic E-state index is 0.300. The first kappa shape index (κ1) is 14.5. The summed E-state index contributed by atoms with van der Waals surface area (Å²) < 4.78 is 0. The third-order valence-corrected chi connectivity index (χ3v) is 4.02. The number of fused-ring (bicyclic) bond motifs is 1. The first-order valence-corrected chi connectivity index (χ1v) is 7.36. The second kappa shape index (κ2) is 6.15. The van der Waals surface area contributed by atoms with Crippen LogP contribution in [0.4, 0.5) is 4.79 Å². The highest BCUT2D eigenvalue weighted by molar-refractivity contribution is 5.74. The van der Waals surface area contributed by atoms with Crippen molar-refractivity contribution in [2.45, 2.75) is 32.0 Å². The average Bonchev–Trinajstić information content (AvgIpc) is 2.83. The van der Waals surface area contributed by atoms with Crippen molar-refractivity contribution in [1.29, 1.82) is 0 Å². The van der Waals surface area contributed by atoms with E-state index in [9.17, 15) is 9.90 Å². The molecule has 1 aliphatic rings. The standard InChI is InChI=1S/C17H19N3O2/c1-11-5-4-8-18-14(11)10-19-17(22)20-16-13-7-3-2-6-12(13)9-15(16)21/h2-8,15-16,21H,9-10H2,1H3,(H2,19,20,22)/t15-,16+/m1/s1. The Labute approximate surface area is 129 Å². The fourth-order valence-corrected chi connectivity index (χ4v) is 2.81. The summed E-state index contributed by atoms with van der Waals surface area (Å²) in [4.78, 5) is 16.3. The molecule has 0 unspecified atom stereocenters. The summed E-state index contributed by atoms with van der Waals surface area (Å²) in [5, 5.41) is 15.8. The summed E-state index contributed by atoms with van der Waals surface area (Å²) in [6.07, 6.45) is 1.69. The van der Waals surface area contributed by atoms with E-state index in [4.69, 9.17) is 0 Å². The molecule has 5 heteroatoms. The molecule has 0 fully saturated rings. The van der Waals surface area contributed by atoms with Crippen LogP contribution in [0.25, 0.3) is 0 Å². The van der Waals surface area contributed by atoms with Crippen LogP contribution in [0.3, 0.4) is 0 Å². The third-order valence-electron chi connectivity index (χ3n) is 4.02. The fraction of sp³-hybridized carbons (Fsp3) is 0.294. The smallest absolute Gasteiger partial charge is 0.315 e. The molecule has 1 aromatic carbocycles. The van der Waals surface area contributed by atoms with E-state index in [1.54, 1.807) is 6.20 Å². The SMILES string of the molecule is Cc1cccnc1CNC(=O)N[C@H]1c2ccccc2C[C@H]1O. The van der Waals surface area contributed by atoms with Crippen LogP contribution < -0.4 is 10.6 Å². The van der Waals surface area contributed by atoms with Gasteiger partial charge in [0.15, 0.2) is 0 Å². The lowest BCUT2D eigenvalue weighted by molar-refractivity contribution is 0.142. The molecule has 22 heavy (non-hydrogen) atoms. The molecule has 3 rings (SSSR count). The number of pyridine rings is 1. The zero-order chi connectivity index (χ0) is 15.5. The Morgan fingerprint density at radius 3 is 2.95 bits per heavy atom. The van der Waals surface area contributed by atoms with Gasteiger partial charge in [-0.15, -0.1) is 0 Å². The quantitative estimate of drug-likeness (QED) is 0.809. The van der Waals surface area contributed by atoms with Gasteiger partial charge in [0, 0.05) is 12.6 Å². The van der Waals surface area contributed by atoms with Gasteiger partial charge < -0.3 is 15.7 Å². The molecular weight excluding hydrogens is 278 g/mol. The zero-order valence-electron chi connectivity index (χ0n) is 12.4. The maximum atomic E-state index is 12.1. The van der Waals surface area contributed by atoms with E-state index in [1.807, 2.05) is 43.3 Å². The van der Waals surface area contributed by atoms with E-state index in [-0.39, 0.29) is 12.1 Å². The van der Waals surface area contributed by atoms with Crippen molar-refractivity contribution in [3.63, 3.8) is 0 Å². The lowest BCUT2D eigenvalue weighted by atomic mass is 10.1. The highest BCUT2D eigenvalue weighted by Crippen LogP contribution is 2.30. The summed E-state index contributed by atoms with van der Waals surface area (Å²) in [7, 11) is 0. The Morgan fingerprint density at radius 1 is 1.32 bits per heavy atom. The number of nitrogens with one attached hydrogen (secondary N) is 2. The van der Waals surface area contributed by atoms with Crippen molar-refractivity contribution >= 4 is 6.03 Å². The van der Waals surface area contributed by atoms with Crippen LogP contribution in [0.1, 0.15) is 28.4 Å². The van der Waals surface area contributed by atoms with E-state index >= 15 is 0 Å². The lowest BCUT2D eigenvalue weighted by Gasteiger charge is -2.18. The number of carbonyl (C=O) groups is 1. The molecule has 0 bridgehead atoms. The van der Waals surface area contributed by atoms with Gasteiger partial charge in [0.1, 0.15) is 0 Å². The first-order chi connectivity index (χ1) is 10.6. The highest BCUT2D eigenvalue weighted by atomic mass is 16.3. The Kier molecular flexibility index (Phi) is 4.06. The van der Waals surface area contributed by atoms with Crippen LogP contribution >= 0.6 is 0 Å². The minimum atomic E-state index is -0.584. The van der Waals surface area contributed by atoms with Gasteiger partial charge in [-0.1, -0.05) is 30.3 Å². The van der Waals surface area contributed by atoms with Crippen molar-refractivity contribution in [2.24, 2.45) is 0 Å². The van der Waals surface area contributed by atoms with Gasteiger partial charge in [0.2, 0.25) is 0 Å². The predicted molar refractivity (Wildman–Crippen MR) is 83.2 cm³/mol. The topological polar surface area (TPSA) is 74.2 Å². The summed E-state index contributed by atoms with van der Waals surface area (Å²) >= 11 is 0. The fourth-order valence-electron chi connectivity index (χ4n) is 2.81. The first-order valence-electron chi connectivity index (χ1n) is 7.36. The molecule has 5 nitrogen and oxygen atoms in total. The second-order valence-corrected chi connectivity index (χ2v) is 5.54. The molecule has 3 N–H and O–H groups in total. The van der Waals surface area contributed by atoms with Crippen molar-refractivity contribution in [1.82, 2.24) is 15.6 Å². The average molecular weight is 297 g/mol. The molecule has 2 atom stereocenters. The Bertz CT molecular complexity index is 687. The maximum Gasteiger partial charge on any atom is 0.315 e. The van der Waals surface area contributed by atoms with Crippen molar-refractivity contribution < 1.29 is 9.90 Å². The summed E-state index contributed by atoms with van der Waals surface area (Å²) in [5.41, 5.74) is 3.94. The molecular formula is C17H19N3O2. The van der Waals surface area contributed by atoms with Crippen molar-refractivity contribution in [3.05, 3.63) is 65.0 Å². The highest BCUT2D eigenvalue weighted by Gasteiger charge is 2.31. The van der Waals surface area contributed by atoms with Gasteiger partial charge in [-0.05, 0) is 29.7 Å². The van der Waals surface area contributed by atoms with Gasteiger partial charge in [-0.25, -0.2) is 4.79 Å². The molecule has 0 aliphatic heterocycles. The summed E-state index contributed by atoms with van der Waals surface area (Å²) in [5.74, 6) is 0. The number of aryl methyl sites for hydroxylation is 1. The number of rotatable bonds is 3. The van der Waals surface area contributed by atoms with Gasteiger partial charge in [-0.2, -0.15) is 0 Å². The van der Waals surface area contributed by atoms with Gasteiger partial charge in [0.05, 0.1) is 24.4 Å². The maximum absolute atomic E-state index is 12.1. The number of aromatic nitrogens is 1. The summed E-state index contributed by atoms with van der Waals surface area (Å²) in [6, 6.07) is 10.9. The number of aliphatic hydroxyl groups is 1. The van der Waals surface area contributed by atoms with E-state index in [0.717, 1.165) is 22.4 Å². The van der Waals surface area contributed by atoms with Crippen molar-refractivity contribution in [3.8, 4) is 0 Å². The van der Waals surface area contributed by atoms with E-state index < -0.39 is 6.10 Å². The monoisotopic (exact) mass is 297 g/mol. The molecule has 0 saturated heterocycles. The number of nitrogens with zero attached hydrogens (tertiary/aromatic N) is 1. The lowest BCUT2D eigenvalue weighted by Crippen LogP contribution is -2.40. The Morgan fingerprint density at radius 2 is 2.14 bits per heavy atom. The molecule has 1 heterocycles. The molecule has 114 valence electrons. The van der Waals surface area contributed by atoms with Crippen LogP contribution in [0.5, 0.6) is 0 Å². The van der Waals surface area contributed by atoms with Crippen LogP contribution in [-0.4, -0.2) is 22.2 Å². The number of aliphatic hydroxyl groups excluding tert-OH is 1. The Hall–Kier alpha value is -2.40. The zero-order valence-corrected chi connectivity index (χ0v) is 12.4. The molecule has 2 aromatic rings.